The Balaban J connectivity index is 1.39. The van der Waals surface area contributed by atoms with Gasteiger partial charge in [0.05, 0.1) is 30.8 Å². The third-order valence-corrected chi connectivity index (χ3v) is 11.7. The van der Waals surface area contributed by atoms with Crippen LogP contribution in [0.2, 0.25) is 0 Å². The van der Waals surface area contributed by atoms with Crippen molar-refractivity contribution in [3.05, 3.63) is 58.7 Å². The molecule has 0 spiro atoms. The summed E-state index contributed by atoms with van der Waals surface area (Å²) < 4.78 is 34.2. The van der Waals surface area contributed by atoms with Gasteiger partial charge in [-0.3, -0.25) is 9.52 Å². The minimum Gasteiger partial charge on any atom is -0.491 e. The normalized spacial score (nSPS) is 24.0. The average molecular weight is 639 g/mol. The third kappa shape index (κ3) is 8.49. The van der Waals surface area contributed by atoms with Crippen molar-refractivity contribution < 1.29 is 23.2 Å². The molecule has 3 aliphatic rings. The topological polar surface area (TPSA) is 77.1 Å². The molecule has 1 aliphatic carbocycles. The molecule has 1 saturated heterocycles. The summed E-state index contributed by atoms with van der Waals surface area (Å²) in [5.74, 6) is 2.04. The van der Waals surface area contributed by atoms with Crippen LogP contribution in [0.25, 0.3) is 0 Å². The second-order valence-electron chi connectivity index (χ2n) is 13.6. The van der Waals surface area contributed by atoms with Gasteiger partial charge < -0.3 is 19.1 Å². The van der Waals surface area contributed by atoms with E-state index in [1.807, 2.05) is 25.1 Å². The van der Waals surface area contributed by atoms with Crippen LogP contribution in [0.1, 0.15) is 106 Å². The number of rotatable bonds is 13. The molecule has 0 bridgehead atoms. The summed E-state index contributed by atoms with van der Waals surface area (Å²) in [6.07, 6.45) is 8.33. The number of carbonyl (C=O) groups is 1. The molecule has 8 heteroatoms. The Kier molecular flexibility index (Phi) is 12.0. The molecule has 7 nitrogen and oxygen atoms in total. The van der Waals surface area contributed by atoms with Gasteiger partial charge in [0.1, 0.15) is 16.7 Å². The lowest BCUT2D eigenvalue weighted by Crippen LogP contribution is -2.42. The number of ether oxygens (including phenoxy) is 3. The lowest BCUT2D eigenvalue weighted by Gasteiger charge is -2.42. The summed E-state index contributed by atoms with van der Waals surface area (Å²) in [6, 6.07) is 12.5. The van der Waals surface area contributed by atoms with Gasteiger partial charge in [-0.25, -0.2) is 4.21 Å². The molecule has 2 aliphatic heterocycles. The molecular weight excluding hydrogens is 584 g/mol. The molecule has 45 heavy (non-hydrogen) atoms. The molecule has 1 saturated carbocycles. The molecule has 2 fully saturated rings. The Bertz CT molecular complexity index is 1310. The van der Waals surface area contributed by atoms with E-state index in [2.05, 4.69) is 55.5 Å². The molecule has 0 aromatic heterocycles. The first-order chi connectivity index (χ1) is 21.8. The van der Waals surface area contributed by atoms with Crippen molar-refractivity contribution in [3.63, 3.8) is 0 Å². The number of benzene rings is 2. The second kappa shape index (κ2) is 15.9. The Hall–Kier alpha value is -2.42. The summed E-state index contributed by atoms with van der Waals surface area (Å²) in [4.78, 5) is 15.9. The average Bonchev–Trinajstić information content (AvgIpc) is 3.21. The maximum Gasteiger partial charge on any atom is 0.263 e. The maximum atomic E-state index is 13.4. The monoisotopic (exact) mass is 638 g/mol. The highest BCUT2D eigenvalue weighted by Gasteiger charge is 2.37. The zero-order valence-electron chi connectivity index (χ0n) is 28.0. The third-order valence-electron chi connectivity index (χ3n) is 10.2. The fourth-order valence-electron chi connectivity index (χ4n) is 7.15. The minimum absolute atomic E-state index is 0.0955. The SMILES string of the molecule is CCCc1cc(C)ccc1C1COc2ccc(C(=O)NS(=O)C(C)C(C)CCC)cc2N(CC2CCC2CC2OCCCO2)C1. The van der Waals surface area contributed by atoms with E-state index in [0.717, 1.165) is 76.3 Å². The van der Waals surface area contributed by atoms with Crippen LogP contribution < -0.4 is 14.4 Å². The summed E-state index contributed by atoms with van der Waals surface area (Å²) >= 11 is 0. The Morgan fingerprint density at radius 1 is 1.04 bits per heavy atom. The van der Waals surface area contributed by atoms with Crippen LogP contribution in [-0.4, -0.2) is 54.6 Å². The van der Waals surface area contributed by atoms with Gasteiger partial charge in [-0.05, 0) is 93.0 Å². The van der Waals surface area contributed by atoms with Gasteiger partial charge in [0.2, 0.25) is 0 Å². The first-order valence-electron chi connectivity index (χ1n) is 17.3. The van der Waals surface area contributed by atoms with Crippen LogP contribution in [0.5, 0.6) is 5.75 Å². The Morgan fingerprint density at radius 2 is 1.82 bits per heavy atom. The largest absolute Gasteiger partial charge is 0.491 e. The van der Waals surface area contributed by atoms with E-state index >= 15 is 0 Å². The number of anilines is 1. The number of carbonyl (C=O) groups excluding carboxylic acids is 1. The number of amides is 1. The van der Waals surface area contributed by atoms with Crippen LogP contribution in [0.3, 0.4) is 0 Å². The van der Waals surface area contributed by atoms with Gasteiger partial charge in [0.15, 0.2) is 6.29 Å². The Labute approximate surface area is 273 Å². The molecule has 1 amide bonds. The summed E-state index contributed by atoms with van der Waals surface area (Å²) in [5.41, 5.74) is 5.51. The van der Waals surface area contributed by atoms with Gasteiger partial charge in [-0.15, -0.1) is 0 Å². The molecule has 2 aromatic carbocycles. The zero-order valence-corrected chi connectivity index (χ0v) is 28.8. The van der Waals surface area contributed by atoms with Crippen molar-refractivity contribution in [2.45, 2.75) is 103 Å². The number of nitrogens with zero attached hydrogens (tertiary/aromatic N) is 1. The zero-order chi connectivity index (χ0) is 31.9. The summed E-state index contributed by atoms with van der Waals surface area (Å²) in [7, 11) is -1.46. The van der Waals surface area contributed by atoms with Crippen molar-refractivity contribution in [1.29, 1.82) is 0 Å². The van der Waals surface area contributed by atoms with Crippen LogP contribution in [0.15, 0.2) is 36.4 Å². The van der Waals surface area contributed by atoms with E-state index in [1.165, 1.54) is 29.5 Å². The predicted octanol–water partition coefficient (Wildman–Crippen LogP) is 7.33. The maximum absolute atomic E-state index is 13.4. The minimum atomic E-state index is -1.46. The van der Waals surface area contributed by atoms with E-state index in [1.54, 1.807) is 0 Å². The standard InChI is InChI=1S/C37H54N2O5S/c1-6-9-26(4)27(5)45(41)38-37(40)30-14-16-35-34(20-30)39(22-31-13-12-28(31)21-36-42-17-8-18-43-36)23-32(24-44-35)33-15-11-25(3)19-29(33)10-7-2/h11,14-16,19-20,26-28,31-32,36H,6-10,12-13,17-18,21-24H2,1-5H3,(H,38,40). The van der Waals surface area contributed by atoms with Gasteiger partial charge in [0.25, 0.3) is 5.91 Å². The molecule has 5 rings (SSSR count). The molecule has 6 unspecified atom stereocenters. The highest BCUT2D eigenvalue weighted by Crippen LogP contribution is 2.43. The smallest absolute Gasteiger partial charge is 0.263 e. The van der Waals surface area contributed by atoms with E-state index in [-0.39, 0.29) is 29.3 Å². The number of aryl methyl sites for hydroxylation is 2. The number of nitrogens with one attached hydrogen (secondary N) is 1. The van der Waals surface area contributed by atoms with E-state index < -0.39 is 11.0 Å². The fourth-order valence-corrected chi connectivity index (χ4v) is 8.20. The van der Waals surface area contributed by atoms with Crippen LogP contribution in [-0.2, 0) is 26.9 Å². The fraction of sp³-hybridized carbons (Fsp3) is 0.649. The Morgan fingerprint density at radius 3 is 2.53 bits per heavy atom. The molecule has 1 N–H and O–H groups in total. The summed E-state index contributed by atoms with van der Waals surface area (Å²) in [5, 5.41) is -0.116. The first-order valence-corrected chi connectivity index (χ1v) is 18.5. The van der Waals surface area contributed by atoms with Crippen molar-refractivity contribution in [1.82, 2.24) is 4.72 Å². The summed E-state index contributed by atoms with van der Waals surface area (Å²) in [6.45, 7) is 14.4. The molecule has 2 heterocycles. The second-order valence-corrected chi connectivity index (χ2v) is 15.1. The molecule has 248 valence electrons. The number of fused-ring (bicyclic) bond motifs is 1. The lowest BCUT2D eigenvalue weighted by atomic mass is 9.71. The molecular formula is C37H54N2O5S. The number of hydrogen-bond acceptors (Lipinski definition) is 6. The van der Waals surface area contributed by atoms with Crippen molar-refractivity contribution in [3.8, 4) is 5.75 Å². The predicted molar refractivity (Wildman–Crippen MR) is 182 cm³/mol. The highest BCUT2D eigenvalue weighted by molar-refractivity contribution is 7.84. The van der Waals surface area contributed by atoms with E-state index in [0.29, 0.717) is 24.0 Å². The van der Waals surface area contributed by atoms with Crippen LogP contribution in [0, 0.1) is 24.7 Å². The lowest BCUT2D eigenvalue weighted by molar-refractivity contribution is -0.192. The van der Waals surface area contributed by atoms with E-state index in [4.69, 9.17) is 14.2 Å². The quantitative estimate of drug-likeness (QED) is 0.248. The van der Waals surface area contributed by atoms with E-state index in [9.17, 15) is 9.00 Å². The van der Waals surface area contributed by atoms with Gasteiger partial charge in [0, 0.05) is 31.0 Å². The highest BCUT2D eigenvalue weighted by atomic mass is 32.2. The number of hydrogen-bond donors (Lipinski definition) is 1. The first kappa shape index (κ1) is 33.9. The van der Waals surface area contributed by atoms with Crippen LogP contribution in [0.4, 0.5) is 5.69 Å². The van der Waals surface area contributed by atoms with Crippen molar-refractivity contribution in [2.75, 3.05) is 37.8 Å². The van der Waals surface area contributed by atoms with Gasteiger partial charge in [-0.2, -0.15) is 0 Å². The molecule has 0 radical (unpaired) electrons. The molecule has 6 atom stereocenters. The van der Waals surface area contributed by atoms with Gasteiger partial charge >= 0.3 is 0 Å². The molecule has 2 aromatic rings. The van der Waals surface area contributed by atoms with Crippen molar-refractivity contribution in [2.24, 2.45) is 17.8 Å². The van der Waals surface area contributed by atoms with Crippen LogP contribution >= 0.6 is 0 Å². The van der Waals surface area contributed by atoms with Crippen molar-refractivity contribution >= 4 is 22.6 Å². The van der Waals surface area contributed by atoms with Gasteiger partial charge in [-0.1, -0.05) is 57.4 Å².